The van der Waals surface area contributed by atoms with E-state index in [1.165, 1.54) is 7.11 Å². The van der Waals surface area contributed by atoms with Gasteiger partial charge in [-0.1, -0.05) is 12.1 Å². The fourth-order valence-electron chi connectivity index (χ4n) is 4.56. The summed E-state index contributed by atoms with van der Waals surface area (Å²) in [4.78, 5) is 11.1. The maximum atomic E-state index is 12.0. The van der Waals surface area contributed by atoms with Gasteiger partial charge >= 0.3 is 0 Å². The molecule has 9 nitrogen and oxygen atoms in total. The number of hydrogen-bond acceptors (Lipinski definition) is 6. The van der Waals surface area contributed by atoms with Crippen molar-refractivity contribution in [3.8, 4) is 5.75 Å². The number of nitrogens with one attached hydrogen (secondary N) is 2. The van der Waals surface area contributed by atoms with Crippen molar-refractivity contribution in [2.45, 2.75) is 18.6 Å². The zero-order valence-corrected chi connectivity index (χ0v) is 21.9. The van der Waals surface area contributed by atoms with Crippen molar-refractivity contribution in [2.75, 3.05) is 23.0 Å². The van der Waals surface area contributed by atoms with Crippen LogP contribution in [-0.2, 0) is 16.6 Å². The van der Waals surface area contributed by atoms with Crippen LogP contribution < -0.4 is 19.7 Å². The summed E-state index contributed by atoms with van der Waals surface area (Å²) >= 11 is 5.83. The molecule has 0 amide bonds. The van der Waals surface area contributed by atoms with Gasteiger partial charge in [-0.15, -0.1) is 0 Å². The normalized spacial score (nSPS) is 17.5. The van der Waals surface area contributed by atoms with Gasteiger partial charge in [0.2, 0.25) is 10.0 Å². The minimum atomic E-state index is -3.53. The third-order valence-corrected chi connectivity index (χ3v) is 6.99. The van der Waals surface area contributed by atoms with Crippen LogP contribution in [-0.4, -0.2) is 41.4 Å². The van der Waals surface area contributed by atoms with Crippen molar-refractivity contribution >= 4 is 38.7 Å². The maximum absolute atomic E-state index is 12.0. The first-order chi connectivity index (χ1) is 17.8. The van der Waals surface area contributed by atoms with E-state index in [-0.39, 0.29) is 12.1 Å². The minimum absolute atomic E-state index is 0.250. The molecule has 11 heteroatoms. The van der Waals surface area contributed by atoms with Crippen LogP contribution in [0.3, 0.4) is 0 Å². The van der Waals surface area contributed by atoms with Crippen LogP contribution in [0.15, 0.2) is 85.3 Å². The number of pyridine rings is 2. The number of rotatable bonds is 8. The molecule has 4 heterocycles. The van der Waals surface area contributed by atoms with Gasteiger partial charge in [0, 0.05) is 30.0 Å². The topological polar surface area (TPSA) is 101 Å². The van der Waals surface area contributed by atoms with E-state index in [1.807, 2.05) is 59.6 Å². The molecule has 37 heavy (non-hydrogen) atoms. The predicted octanol–water partition coefficient (Wildman–Crippen LogP) is 3.88. The quantitative estimate of drug-likeness (QED) is 0.329. The molecule has 5 rings (SSSR count). The van der Waals surface area contributed by atoms with Gasteiger partial charge in [0.1, 0.15) is 11.8 Å². The van der Waals surface area contributed by atoms with Gasteiger partial charge in [-0.3, -0.25) is 14.7 Å². The molecular weight excluding hydrogens is 508 g/mol. The Hall–Kier alpha value is -3.96. The highest BCUT2D eigenvalue weighted by Gasteiger charge is 2.42. The molecular formula is C26H26N6O3S2. The number of methoxy groups -OCH3 is 1. The maximum Gasteiger partial charge on any atom is 0.229 e. The summed E-state index contributed by atoms with van der Waals surface area (Å²) in [5, 5.41) is 3.94. The molecule has 1 aliphatic rings. The smallest absolute Gasteiger partial charge is 0.229 e. The molecule has 2 unspecified atom stereocenters. The second-order valence-electron chi connectivity index (χ2n) is 8.64. The van der Waals surface area contributed by atoms with Crippen molar-refractivity contribution in [1.29, 1.82) is 0 Å². The zero-order valence-electron chi connectivity index (χ0n) is 20.3. The van der Waals surface area contributed by atoms with Gasteiger partial charge in [-0.25, -0.2) is 8.42 Å². The Bertz CT molecular complexity index is 1510. The molecule has 1 aromatic carbocycles. The van der Waals surface area contributed by atoms with Crippen LogP contribution >= 0.6 is 12.2 Å². The number of ether oxygens (including phenoxy) is 1. The summed E-state index contributed by atoms with van der Waals surface area (Å²) in [6.07, 6.45) is 6.66. The Labute approximate surface area is 221 Å². The van der Waals surface area contributed by atoms with E-state index in [4.69, 9.17) is 17.0 Å². The Morgan fingerprint density at radius 3 is 2.51 bits per heavy atom. The van der Waals surface area contributed by atoms with Crippen LogP contribution in [0.5, 0.6) is 5.75 Å². The summed E-state index contributed by atoms with van der Waals surface area (Å²) < 4.78 is 34.2. The monoisotopic (exact) mass is 534 g/mol. The van der Waals surface area contributed by atoms with Crippen LogP contribution in [0, 0.1) is 0 Å². The lowest BCUT2D eigenvalue weighted by Gasteiger charge is -2.29. The van der Waals surface area contributed by atoms with E-state index in [1.54, 1.807) is 24.5 Å². The Balaban J connectivity index is 1.62. The molecule has 190 valence electrons. The van der Waals surface area contributed by atoms with Crippen LogP contribution in [0.25, 0.3) is 0 Å². The van der Waals surface area contributed by atoms with Gasteiger partial charge in [0.25, 0.3) is 0 Å². The number of hydrogen-bond donors (Lipinski definition) is 2. The average Bonchev–Trinajstić information content (AvgIpc) is 3.47. The van der Waals surface area contributed by atoms with Crippen molar-refractivity contribution < 1.29 is 13.2 Å². The summed E-state index contributed by atoms with van der Waals surface area (Å²) in [6.45, 7) is 0.582. The lowest BCUT2D eigenvalue weighted by Crippen LogP contribution is -2.30. The van der Waals surface area contributed by atoms with E-state index in [0.717, 1.165) is 23.3 Å². The van der Waals surface area contributed by atoms with Crippen molar-refractivity contribution in [3.05, 3.63) is 102 Å². The van der Waals surface area contributed by atoms with Gasteiger partial charge < -0.3 is 19.5 Å². The molecule has 0 radical (unpaired) electrons. The highest BCUT2D eigenvalue weighted by molar-refractivity contribution is 7.92. The van der Waals surface area contributed by atoms with E-state index in [0.29, 0.717) is 28.8 Å². The van der Waals surface area contributed by atoms with Crippen molar-refractivity contribution in [3.63, 3.8) is 0 Å². The zero-order chi connectivity index (χ0) is 26.0. The number of thiocarbonyl (C=S) groups is 1. The molecule has 1 fully saturated rings. The lowest BCUT2D eigenvalue weighted by atomic mass is 10.0. The highest BCUT2D eigenvalue weighted by Crippen LogP contribution is 2.43. The third kappa shape index (κ3) is 5.27. The van der Waals surface area contributed by atoms with E-state index in [9.17, 15) is 8.42 Å². The number of nitrogens with zero attached hydrogens (tertiary/aromatic N) is 4. The molecule has 0 aliphatic carbocycles. The molecule has 3 aromatic heterocycles. The third-order valence-electron chi connectivity index (χ3n) is 6.08. The SMILES string of the molecule is COc1ccc(N2C(=S)NC(c3ccccn3)C2c2cccn2Cc2ccccn2)cc1NS(C)(=O)=O. The molecule has 0 saturated carbocycles. The fraction of sp³-hybridized carbons (Fsp3) is 0.192. The van der Waals surface area contributed by atoms with Gasteiger partial charge in [-0.05, 0) is 66.8 Å². The summed E-state index contributed by atoms with van der Waals surface area (Å²) in [7, 11) is -2.04. The fourth-order valence-corrected chi connectivity index (χ4v) is 5.47. The first kappa shape index (κ1) is 24.7. The number of benzene rings is 1. The number of sulfonamides is 1. The molecule has 1 saturated heterocycles. The Morgan fingerprint density at radius 2 is 1.84 bits per heavy atom. The first-order valence-electron chi connectivity index (χ1n) is 11.6. The highest BCUT2D eigenvalue weighted by atomic mass is 32.2. The number of anilines is 2. The largest absolute Gasteiger partial charge is 0.495 e. The minimum Gasteiger partial charge on any atom is -0.495 e. The summed E-state index contributed by atoms with van der Waals surface area (Å²) in [5.41, 5.74) is 3.80. The van der Waals surface area contributed by atoms with Gasteiger partial charge in [0.15, 0.2) is 5.11 Å². The average molecular weight is 535 g/mol. The van der Waals surface area contributed by atoms with E-state index < -0.39 is 10.0 Å². The molecule has 1 aliphatic heterocycles. The Kier molecular flexibility index (Phi) is 6.81. The summed E-state index contributed by atoms with van der Waals surface area (Å²) in [6, 6.07) is 20.5. The van der Waals surface area contributed by atoms with Crippen molar-refractivity contribution in [1.82, 2.24) is 19.9 Å². The van der Waals surface area contributed by atoms with E-state index >= 15 is 0 Å². The molecule has 0 bridgehead atoms. The van der Waals surface area contributed by atoms with Crippen LogP contribution in [0.1, 0.15) is 29.2 Å². The van der Waals surface area contributed by atoms with Crippen LogP contribution in [0.2, 0.25) is 0 Å². The van der Waals surface area contributed by atoms with Gasteiger partial charge in [0.05, 0.1) is 43.0 Å². The van der Waals surface area contributed by atoms with Crippen LogP contribution in [0.4, 0.5) is 11.4 Å². The Morgan fingerprint density at radius 1 is 1.05 bits per heavy atom. The standard InChI is InChI=1S/C26H26N6O3S2/c1-35-23-12-11-19(16-21(23)30-37(2,33)34)32-25(24(29-26(32)36)20-9-4-6-14-28-20)22-10-7-15-31(22)17-18-8-3-5-13-27-18/h3-16,24-25,30H,17H2,1-2H3,(H,29,36). The van der Waals surface area contributed by atoms with Gasteiger partial charge in [-0.2, -0.15) is 0 Å². The molecule has 0 spiro atoms. The molecule has 2 N–H and O–H groups in total. The number of aromatic nitrogens is 3. The second kappa shape index (κ2) is 10.2. The first-order valence-corrected chi connectivity index (χ1v) is 13.9. The summed E-state index contributed by atoms with van der Waals surface area (Å²) in [5.74, 6) is 0.406. The second-order valence-corrected chi connectivity index (χ2v) is 10.8. The lowest BCUT2D eigenvalue weighted by molar-refractivity contribution is 0.417. The predicted molar refractivity (Wildman–Crippen MR) is 147 cm³/mol. The molecule has 2 atom stereocenters. The van der Waals surface area contributed by atoms with E-state index in [2.05, 4.69) is 30.6 Å². The van der Waals surface area contributed by atoms with Crippen molar-refractivity contribution in [2.24, 2.45) is 0 Å². The molecule has 4 aromatic rings.